The van der Waals surface area contributed by atoms with E-state index in [1.807, 2.05) is 24.4 Å². The lowest BCUT2D eigenvalue weighted by Gasteiger charge is -2.37. The Morgan fingerprint density at radius 2 is 1.79 bits per heavy atom. The lowest BCUT2D eigenvalue weighted by Crippen LogP contribution is -2.40. The van der Waals surface area contributed by atoms with Crippen molar-refractivity contribution in [3.8, 4) is 11.4 Å². The molecule has 1 aliphatic carbocycles. The second kappa shape index (κ2) is 9.18. The molecule has 1 N–H and O–H groups in total. The Hall–Kier alpha value is -2.86. The average molecular weight is 461 g/mol. The van der Waals surface area contributed by atoms with Crippen LogP contribution in [0.4, 0.5) is 0 Å². The maximum absolute atomic E-state index is 5.95. The largest absolute Gasteiger partial charge is 0.497 e. The van der Waals surface area contributed by atoms with E-state index in [1.54, 1.807) is 7.11 Å². The van der Waals surface area contributed by atoms with Crippen molar-refractivity contribution in [2.45, 2.75) is 64.1 Å². The fraction of sp³-hybridized carbons (Fsp3) is 0.407. The number of thiocarbonyl (C=S) groups is 1. The Bertz CT molecular complexity index is 1120. The highest BCUT2D eigenvalue weighted by atomic mass is 32.1. The minimum absolute atomic E-state index is 0.0328. The number of aryl methyl sites for hydroxylation is 1. The first-order valence-corrected chi connectivity index (χ1v) is 12.3. The van der Waals surface area contributed by atoms with E-state index in [4.69, 9.17) is 21.9 Å². The molecule has 0 unspecified atom stereocenters. The first-order chi connectivity index (χ1) is 16.1. The minimum atomic E-state index is 0.0328. The highest BCUT2D eigenvalue weighted by molar-refractivity contribution is 7.80. The fourth-order valence-corrected chi connectivity index (χ4v) is 6.06. The van der Waals surface area contributed by atoms with E-state index in [0.717, 1.165) is 22.2 Å². The molecule has 5 nitrogen and oxygen atoms in total. The summed E-state index contributed by atoms with van der Waals surface area (Å²) in [4.78, 5) is 7.21. The molecule has 172 valence electrons. The number of nitrogens with one attached hydrogen (secondary N) is 1. The third-order valence-electron chi connectivity index (χ3n) is 7.22. The molecule has 2 fully saturated rings. The summed E-state index contributed by atoms with van der Waals surface area (Å²) in [7, 11) is 1.70. The van der Waals surface area contributed by atoms with Crippen molar-refractivity contribution in [1.82, 2.24) is 19.8 Å². The van der Waals surface area contributed by atoms with Gasteiger partial charge in [-0.2, -0.15) is 0 Å². The van der Waals surface area contributed by atoms with Gasteiger partial charge in [-0.05, 0) is 86.9 Å². The second-order valence-electron chi connectivity index (χ2n) is 9.19. The number of hydrogen-bond acceptors (Lipinski definition) is 3. The van der Waals surface area contributed by atoms with Crippen LogP contribution in [0.15, 0.2) is 54.7 Å². The zero-order valence-corrected chi connectivity index (χ0v) is 20.4. The lowest BCUT2D eigenvalue weighted by molar-refractivity contribution is 0.197. The SMILES string of the molecule is COc1ccc(-n2c(C)cc([C@@H]3[C@@H](c4ccccn4)NC(=S)N3C3CCCCC3)c2C)cc1. The van der Waals surface area contributed by atoms with Gasteiger partial charge in [-0.3, -0.25) is 4.98 Å². The minimum Gasteiger partial charge on any atom is -0.497 e. The van der Waals surface area contributed by atoms with Crippen LogP contribution >= 0.6 is 12.2 Å². The van der Waals surface area contributed by atoms with Gasteiger partial charge in [-0.1, -0.05) is 25.3 Å². The van der Waals surface area contributed by atoms with Crippen LogP contribution in [0.25, 0.3) is 5.69 Å². The Morgan fingerprint density at radius 1 is 1.03 bits per heavy atom. The van der Waals surface area contributed by atoms with Crippen LogP contribution in [0.2, 0.25) is 0 Å². The maximum atomic E-state index is 5.95. The number of hydrogen-bond donors (Lipinski definition) is 1. The third-order valence-corrected chi connectivity index (χ3v) is 7.55. The van der Waals surface area contributed by atoms with E-state index in [0.29, 0.717) is 6.04 Å². The highest BCUT2D eigenvalue weighted by Gasteiger charge is 2.44. The summed E-state index contributed by atoms with van der Waals surface area (Å²) < 4.78 is 7.70. The highest BCUT2D eigenvalue weighted by Crippen LogP contribution is 2.44. The predicted octanol–water partition coefficient (Wildman–Crippen LogP) is 5.80. The standard InChI is InChI=1S/C27H32N4OS/c1-18-17-23(19(2)30(18)21-12-14-22(32-3)15-13-21)26-25(24-11-7-8-16-28-24)29-27(33)31(26)20-9-5-4-6-10-20/h7-8,11-17,20,25-26H,4-6,9-10H2,1-3H3,(H,29,33)/t25-,26-/m1/s1. The maximum Gasteiger partial charge on any atom is 0.170 e. The van der Waals surface area contributed by atoms with Gasteiger partial charge >= 0.3 is 0 Å². The molecule has 0 amide bonds. The number of pyridine rings is 1. The molecular formula is C27H32N4OS. The summed E-state index contributed by atoms with van der Waals surface area (Å²) >= 11 is 5.95. The number of rotatable bonds is 5. The summed E-state index contributed by atoms with van der Waals surface area (Å²) in [5, 5.41) is 4.50. The van der Waals surface area contributed by atoms with Crippen molar-refractivity contribution in [2.24, 2.45) is 0 Å². The van der Waals surface area contributed by atoms with Gasteiger partial charge in [0, 0.05) is 29.3 Å². The van der Waals surface area contributed by atoms with Crippen LogP contribution in [0.5, 0.6) is 5.75 Å². The van der Waals surface area contributed by atoms with Crippen LogP contribution in [0, 0.1) is 13.8 Å². The van der Waals surface area contributed by atoms with Crippen molar-refractivity contribution in [2.75, 3.05) is 7.11 Å². The van der Waals surface area contributed by atoms with Crippen molar-refractivity contribution >= 4 is 17.3 Å². The van der Waals surface area contributed by atoms with Crippen molar-refractivity contribution in [3.05, 3.63) is 77.4 Å². The van der Waals surface area contributed by atoms with E-state index in [9.17, 15) is 0 Å². The zero-order valence-electron chi connectivity index (χ0n) is 19.6. The molecule has 5 rings (SSSR count). The molecule has 2 aliphatic rings. The molecule has 2 atom stereocenters. The quantitative estimate of drug-likeness (QED) is 0.487. The lowest BCUT2D eigenvalue weighted by atomic mass is 9.90. The van der Waals surface area contributed by atoms with E-state index in [-0.39, 0.29) is 12.1 Å². The van der Waals surface area contributed by atoms with Gasteiger partial charge in [0.1, 0.15) is 5.75 Å². The monoisotopic (exact) mass is 460 g/mol. The molecule has 1 aromatic carbocycles. The van der Waals surface area contributed by atoms with Crippen LogP contribution in [0.1, 0.15) is 66.8 Å². The predicted molar refractivity (Wildman–Crippen MR) is 136 cm³/mol. The van der Waals surface area contributed by atoms with E-state index < -0.39 is 0 Å². The normalized spacial score (nSPS) is 21.3. The molecule has 0 bridgehead atoms. The van der Waals surface area contributed by atoms with Gasteiger partial charge in [0.2, 0.25) is 0 Å². The van der Waals surface area contributed by atoms with Gasteiger partial charge in [-0.25, -0.2) is 0 Å². The molecule has 3 heterocycles. The van der Waals surface area contributed by atoms with Crippen molar-refractivity contribution in [1.29, 1.82) is 0 Å². The third kappa shape index (κ3) is 4.01. The summed E-state index contributed by atoms with van der Waals surface area (Å²) in [5.74, 6) is 0.866. The van der Waals surface area contributed by atoms with Crippen LogP contribution in [-0.4, -0.2) is 32.7 Å². The van der Waals surface area contributed by atoms with Gasteiger partial charge < -0.3 is 19.5 Å². The second-order valence-corrected chi connectivity index (χ2v) is 9.57. The molecule has 33 heavy (non-hydrogen) atoms. The Kier molecular flexibility index (Phi) is 6.11. The topological polar surface area (TPSA) is 42.3 Å². The summed E-state index contributed by atoms with van der Waals surface area (Å²) in [6.45, 7) is 4.41. The number of ether oxygens (including phenoxy) is 1. The van der Waals surface area contributed by atoms with Crippen molar-refractivity contribution in [3.63, 3.8) is 0 Å². The molecule has 0 spiro atoms. The fourth-order valence-electron chi connectivity index (χ4n) is 5.67. The first-order valence-electron chi connectivity index (χ1n) is 11.9. The van der Waals surface area contributed by atoms with E-state index >= 15 is 0 Å². The summed E-state index contributed by atoms with van der Waals surface area (Å²) in [6, 6.07) is 17.4. The Labute approximate surface area is 201 Å². The Morgan fingerprint density at radius 3 is 2.45 bits per heavy atom. The molecule has 3 aromatic rings. The first kappa shape index (κ1) is 22.0. The number of aromatic nitrogens is 2. The van der Waals surface area contributed by atoms with Crippen molar-refractivity contribution < 1.29 is 4.74 Å². The van der Waals surface area contributed by atoms with Gasteiger partial charge in [0.15, 0.2) is 5.11 Å². The smallest absolute Gasteiger partial charge is 0.170 e. The molecule has 2 aromatic heterocycles. The summed E-state index contributed by atoms with van der Waals surface area (Å²) in [6.07, 6.45) is 8.14. The number of nitrogens with zero attached hydrogens (tertiary/aromatic N) is 3. The van der Waals surface area contributed by atoms with Gasteiger partial charge in [-0.15, -0.1) is 0 Å². The number of benzene rings is 1. The number of methoxy groups -OCH3 is 1. The van der Waals surface area contributed by atoms with E-state index in [2.05, 4.69) is 59.0 Å². The molecular weight excluding hydrogens is 428 g/mol. The molecule has 1 aliphatic heterocycles. The van der Waals surface area contributed by atoms with Gasteiger partial charge in [0.25, 0.3) is 0 Å². The molecule has 1 saturated carbocycles. The van der Waals surface area contributed by atoms with Crippen LogP contribution in [-0.2, 0) is 0 Å². The summed E-state index contributed by atoms with van der Waals surface area (Å²) in [5.41, 5.74) is 5.96. The molecule has 6 heteroatoms. The van der Waals surface area contributed by atoms with E-state index in [1.165, 1.54) is 49.1 Å². The molecule has 1 saturated heterocycles. The zero-order chi connectivity index (χ0) is 22.9. The molecule has 0 radical (unpaired) electrons. The van der Waals surface area contributed by atoms with Crippen LogP contribution < -0.4 is 10.1 Å². The van der Waals surface area contributed by atoms with Crippen LogP contribution in [0.3, 0.4) is 0 Å². The Balaban J connectivity index is 1.60. The van der Waals surface area contributed by atoms with Gasteiger partial charge in [0.05, 0.1) is 24.9 Å². The average Bonchev–Trinajstić information content (AvgIpc) is 3.35.